The average molecular weight is 389 g/mol. The number of ether oxygens (including phenoxy) is 2. The topological polar surface area (TPSA) is 52.6 Å². The van der Waals surface area contributed by atoms with Gasteiger partial charge in [-0.3, -0.25) is 0 Å². The highest BCUT2D eigenvalue weighted by Crippen LogP contribution is 2.11. The lowest BCUT2D eigenvalue weighted by molar-refractivity contribution is 0.0497. The summed E-state index contributed by atoms with van der Waals surface area (Å²) in [4.78, 5) is 24.3. The van der Waals surface area contributed by atoms with Crippen molar-refractivity contribution in [2.24, 2.45) is 0 Å². The van der Waals surface area contributed by atoms with Gasteiger partial charge in [0.25, 0.3) is 0 Å². The van der Waals surface area contributed by atoms with E-state index >= 15 is 0 Å². The zero-order valence-corrected chi connectivity index (χ0v) is 17.6. The van der Waals surface area contributed by atoms with E-state index in [0.717, 1.165) is 19.3 Å². The van der Waals surface area contributed by atoms with Crippen molar-refractivity contribution in [3.05, 3.63) is 47.5 Å². The largest absolute Gasteiger partial charge is 0.462 e. The highest BCUT2D eigenvalue weighted by atomic mass is 16.5. The van der Waals surface area contributed by atoms with Crippen molar-refractivity contribution in [1.82, 2.24) is 0 Å². The Bertz CT molecular complexity index is 592. The molecule has 4 nitrogen and oxygen atoms in total. The Hall–Kier alpha value is -2.10. The van der Waals surface area contributed by atoms with E-state index in [2.05, 4.69) is 13.8 Å². The molecule has 1 aromatic carbocycles. The van der Waals surface area contributed by atoms with Crippen LogP contribution in [0.3, 0.4) is 0 Å². The van der Waals surface area contributed by atoms with Crippen molar-refractivity contribution in [2.45, 2.75) is 78.1 Å². The van der Waals surface area contributed by atoms with Gasteiger partial charge in [0.05, 0.1) is 24.3 Å². The minimum Gasteiger partial charge on any atom is -0.462 e. The summed E-state index contributed by atoms with van der Waals surface area (Å²) in [6.07, 6.45) is 15.3. The fourth-order valence-corrected chi connectivity index (χ4v) is 2.84. The minimum absolute atomic E-state index is 0.336. The van der Waals surface area contributed by atoms with E-state index in [4.69, 9.17) is 9.47 Å². The molecule has 0 spiro atoms. The van der Waals surface area contributed by atoms with E-state index in [1.54, 1.807) is 24.3 Å². The summed E-state index contributed by atoms with van der Waals surface area (Å²) in [7, 11) is 0. The quantitative estimate of drug-likeness (QED) is 0.195. The first kappa shape index (κ1) is 23.9. The van der Waals surface area contributed by atoms with Crippen LogP contribution in [-0.4, -0.2) is 25.2 Å². The van der Waals surface area contributed by atoms with Gasteiger partial charge < -0.3 is 9.47 Å². The fourth-order valence-electron chi connectivity index (χ4n) is 2.84. The Balaban J connectivity index is 2.27. The predicted octanol–water partition coefficient (Wildman–Crippen LogP) is 6.50. The molecule has 0 fully saturated rings. The molecule has 0 saturated heterocycles. The van der Waals surface area contributed by atoms with Crippen molar-refractivity contribution in [1.29, 1.82) is 0 Å². The highest BCUT2D eigenvalue weighted by molar-refractivity contribution is 5.95. The molecule has 0 N–H and O–H groups in total. The Labute approximate surface area is 170 Å². The first-order valence-corrected chi connectivity index (χ1v) is 10.8. The van der Waals surface area contributed by atoms with E-state index in [1.807, 2.05) is 12.2 Å². The monoisotopic (exact) mass is 388 g/mol. The molecule has 0 aliphatic rings. The Morgan fingerprint density at radius 2 is 1.36 bits per heavy atom. The summed E-state index contributed by atoms with van der Waals surface area (Å²) in [5.74, 6) is -0.800. The molecule has 0 aromatic heterocycles. The molecular formula is C24H36O4. The summed E-state index contributed by atoms with van der Waals surface area (Å²) in [6.45, 7) is 5.04. The van der Waals surface area contributed by atoms with Crippen LogP contribution in [0.4, 0.5) is 0 Å². The molecule has 0 aliphatic carbocycles. The Kier molecular flexibility index (Phi) is 13.6. The maximum absolute atomic E-state index is 12.2. The molecule has 0 aliphatic heterocycles. The molecule has 4 heteroatoms. The molecule has 28 heavy (non-hydrogen) atoms. The molecule has 0 saturated carbocycles. The van der Waals surface area contributed by atoms with E-state index in [1.165, 1.54) is 38.5 Å². The third-order valence-corrected chi connectivity index (χ3v) is 4.49. The Morgan fingerprint density at radius 1 is 0.786 bits per heavy atom. The smallest absolute Gasteiger partial charge is 0.338 e. The van der Waals surface area contributed by atoms with Gasteiger partial charge in [0, 0.05) is 0 Å². The second kappa shape index (κ2) is 15.9. The zero-order chi connectivity index (χ0) is 20.5. The lowest BCUT2D eigenvalue weighted by Crippen LogP contribution is -2.10. The lowest BCUT2D eigenvalue weighted by Gasteiger charge is -2.07. The first-order chi connectivity index (χ1) is 13.7. The van der Waals surface area contributed by atoms with Crippen LogP contribution in [-0.2, 0) is 9.47 Å². The second-order valence-electron chi connectivity index (χ2n) is 7.00. The number of carbonyl (C=O) groups excluding carboxylic acids is 2. The van der Waals surface area contributed by atoms with Crippen LogP contribution in [0.15, 0.2) is 36.4 Å². The van der Waals surface area contributed by atoms with Gasteiger partial charge in [0.15, 0.2) is 0 Å². The number of hydrogen-bond acceptors (Lipinski definition) is 4. The molecule has 156 valence electrons. The van der Waals surface area contributed by atoms with Crippen molar-refractivity contribution in [3.63, 3.8) is 0 Å². The molecule has 1 aromatic rings. The van der Waals surface area contributed by atoms with Crippen LogP contribution in [0, 0.1) is 0 Å². The number of carbonyl (C=O) groups is 2. The van der Waals surface area contributed by atoms with Crippen LogP contribution < -0.4 is 0 Å². The number of rotatable bonds is 15. The molecule has 0 atom stereocenters. The van der Waals surface area contributed by atoms with E-state index in [-0.39, 0.29) is 5.97 Å². The van der Waals surface area contributed by atoms with Gasteiger partial charge in [-0.2, -0.15) is 0 Å². The summed E-state index contributed by atoms with van der Waals surface area (Å²) < 4.78 is 10.6. The van der Waals surface area contributed by atoms with E-state index < -0.39 is 5.97 Å². The maximum Gasteiger partial charge on any atom is 0.338 e. The summed E-state index contributed by atoms with van der Waals surface area (Å²) in [6, 6.07) is 6.54. The highest BCUT2D eigenvalue weighted by Gasteiger charge is 2.12. The van der Waals surface area contributed by atoms with Gasteiger partial charge in [-0.05, 0) is 37.5 Å². The van der Waals surface area contributed by atoms with Crippen LogP contribution in [0.2, 0.25) is 0 Å². The number of esters is 2. The molecule has 0 heterocycles. The predicted molar refractivity (Wildman–Crippen MR) is 114 cm³/mol. The van der Waals surface area contributed by atoms with Gasteiger partial charge in [-0.1, -0.05) is 77.0 Å². The van der Waals surface area contributed by atoms with Gasteiger partial charge in [-0.25, -0.2) is 9.59 Å². The van der Waals surface area contributed by atoms with Crippen molar-refractivity contribution >= 4 is 11.9 Å². The van der Waals surface area contributed by atoms with Crippen LogP contribution in [0.25, 0.3) is 0 Å². The van der Waals surface area contributed by atoms with Crippen molar-refractivity contribution in [2.75, 3.05) is 13.2 Å². The second-order valence-corrected chi connectivity index (χ2v) is 7.00. The molecule has 1 rings (SSSR count). The first-order valence-electron chi connectivity index (χ1n) is 10.8. The standard InChI is InChI=1S/C24H36O4/c1-3-5-7-9-10-11-12-14-19-28-24(26)22-17-15-16-21(20-22)23(25)27-18-13-8-6-4-2/h6,8,15-17,20H,3-5,7,9-14,18-19H2,1-2H3/b8-6-. The maximum atomic E-state index is 12.2. The van der Waals surface area contributed by atoms with Gasteiger partial charge in [0.1, 0.15) is 0 Å². The van der Waals surface area contributed by atoms with Crippen LogP contribution in [0.5, 0.6) is 0 Å². The molecule has 0 bridgehead atoms. The molecule has 0 radical (unpaired) electrons. The third-order valence-electron chi connectivity index (χ3n) is 4.49. The number of unbranched alkanes of at least 4 members (excludes halogenated alkanes) is 7. The minimum atomic E-state index is -0.414. The molecular weight excluding hydrogens is 352 g/mol. The number of benzene rings is 1. The normalized spacial score (nSPS) is 10.9. The SMILES string of the molecule is CC/C=C\CCOC(=O)c1cccc(C(=O)OCCCCCCCCCC)c1. The van der Waals surface area contributed by atoms with Crippen LogP contribution >= 0.6 is 0 Å². The van der Waals surface area contributed by atoms with E-state index in [9.17, 15) is 9.59 Å². The van der Waals surface area contributed by atoms with E-state index in [0.29, 0.717) is 30.8 Å². The van der Waals surface area contributed by atoms with Gasteiger partial charge >= 0.3 is 11.9 Å². The Morgan fingerprint density at radius 3 is 1.96 bits per heavy atom. The molecule has 0 amide bonds. The van der Waals surface area contributed by atoms with Crippen LogP contribution in [0.1, 0.15) is 98.8 Å². The summed E-state index contributed by atoms with van der Waals surface area (Å²) in [5, 5.41) is 0. The zero-order valence-electron chi connectivity index (χ0n) is 17.6. The summed E-state index contributed by atoms with van der Waals surface area (Å²) in [5.41, 5.74) is 0.765. The molecule has 0 unspecified atom stereocenters. The summed E-state index contributed by atoms with van der Waals surface area (Å²) >= 11 is 0. The van der Waals surface area contributed by atoms with Crippen molar-refractivity contribution < 1.29 is 19.1 Å². The van der Waals surface area contributed by atoms with Crippen molar-refractivity contribution in [3.8, 4) is 0 Å². The number of hydrogen-bond donors (Lipinski definition) is 0. The van der Waals surface area contributed by atoms with Gasteiger partial charge in [0.2, 0.25) is 0 Å². The third kappa shape index (κ3) is 10.9. The fraction of sp³-hybridized carbons (Fsp3) is 0.583. The average Bonchev–Trinajstić information content (AvgIpc) is 2.72. The van der Waals surface area contributed by atoms with Gasteiger partial charge in [-0.15, -0.1) is 0 Å². The number of allylic oxidation sites excluding steroid dienone is 1. The lowest BCUT2D eigenvalue weighted by atomic mass is 10.1.